The van der Waals surface area contributed by atoms with Crippen molar-refractivity contribution in [3.8, 4) is 11.3 Å². The Morgan fingerprint density at radius 3 is 2.60 bits per heavy atom. The summed E-state index contributed by atoms with van der Waals surface area (Å²) in [5.41, 5.74) is 1.53. The molecule has 7 heteroatoms. The quantitative estimate of drug-likeness (QED) is 0.860. The molecule has 1 aliphatic rings. The maximum absolute atomic E-state index is 12.8. The lowest BCUT2D eigenvalue weighted by atomic mass is 9.78. The summed E-state index contributed by atoms with van der Waals surface area (Å²) in [6, 6.07) is 7.41. The Kier molecular flexibility index (Phi) is 5.39. The van der Waals surface area contributed by atoms with Crippen LogP contribution in [-0.4, -0.2) is 29.0 Å². The van der Waals surface area contributed by atoms with Crippen molar-refractivity contribution in [3.63, 3.8) is 0 Å². The summed E-state index contributed by atoms with van der Waals surface area (Å²) in [7, 11) is 1.66. The predicted octanol–water partition coefficient (Wildman–Crippen LogP) is 4.32. The number of aromatic nitrogens is 1. The molecular formula is C18H19ClN2O3S. The molecule has 1 aliphatic carbocycles. The number of thiazole rings is 1. The van der Waals surface area contributed by atoms with Crippen molar-refractivity contribution in [1.82, 2.24) is 4.98 Å². The molecule has 1 fully saturated rings. The Morgan fingerprint density at radius 2 is 1.92 bits per heavy atom. The molecule has 2 atom stereocenters. The molecule has 2 aromatic rings. The van der Waals surface area contributed by atoms with Crippen LogP contribution in [0.15, 0.2) is 29.6 Å². The second kappa shape index (κ2) is 7.54. The number of anilines is 1. The molecule has 0 saturated heterocycles. The summed E-state index contributed by atoms with van der Waals surface area (Å²) in [6.45, 7) is 0. The number of halogens is 1. The smallest absolute Gasteiger partial charge is 0.307 e. The zero-order valence-electron chi connectivity index (χ0n) is 13.8. The van der Waals surface area contributed by atoms with Crippen LogP contribution in [0.1, 0.15) is 25.7 Å². The lowest BCUT2D eigenvalue weighted by Crippen LogP contribution is -2.40. The molecular weight excluding hydrogens is 360 g/mol. The third-order valence-electron chi connectivity index (χ3n) is 4.66. The van der Waals surface area contributed by atoms with Gasteiger partial charge in [-0.2, -0.15) is 0 Å². The number of carboxylic acids is 1. The van der Waals surface area contributed by atoms with E-state index in [0.717, 1.165) is 18.4 Å². The summed E-state index contributed by atoms with van der Waals surface area (Å²) >= 11 is 7.56. The van der Waals surface area contributed by atoms with Gasteiger partial charge < -0.3 is 5.11 Å². The van der Waals surface area contributed by atoms with E-state index < -0.39 is 17.8 Å². The molecule has 1 saturated carbocycles. The van der Waals surface area contributed by atoms with Crippen molar-refractivity contribution in [3.05, 3.63) is 34.7 Å². The number of carboxylic acid groups (broad SMARTS) is 1. The number of hydrogen-bond donors (Lipinski definition) is 1. The van der Waals surface area contributed by atoms with E-state index in [9.17, 15) is 14.7 Å². The monoisotopic (exact) mass is 378 g/mol. The minimum absolute atomic E-state index is 0.174. The van der Waals surface area contributed by atoms with Crippen LogP contribution in [0, 0.1) is 11.8 Å². The van der Waals surface area contributed by atoms with E-state index >= 15 is 0 Å². The van der Waals surface area contributed by atoms with Gasteiger partial charge in [0, 0.05) is 23.0 Å². The first-order valence-electron chi connectivity index (χ1n) is 8.20. The Balaban J connectivity index is 1.81. The second-order valence-corrected chi connectivity index (χ2v) is 7.47. The van der Waals surface area contributed by atoms with E-state index in [2.05, 4.69) is 4.98 Å². The highest BCUT2D eigenvalue weighted by molar-refractivity contribution is 7.14. The highest BCUT2D eigenvalue weighted by atomic mass is 35.5. The Bertz CT molecular complexity index is 792. The minimum atomic E-state index is -0.887. The normalized spacial score (nSPS) is 20.2. The fourth-order valence-electron chi connectivity index (χ4n) is 3.28. The van der Waals surface area contributed by atoms with Crippen molar-refractivity contribution < 1.29 is 14.7 Å². The van der Waals surface area contributed by atoms with Gasteiger partial charge in [0.25, 0.3) is 0 Å². The van der Waals surface area contributed by atoms with Crippen molar-refractivity contribution in [2.45, 2.75) is 25.7 Å². The van der Waals surface area contributed by atoms with Gasteiger partial charge in [-0.15, -0.1) is 11.3 Å². The number of nitrogens with zero attached hydrogens (tertiary/aromatic N) is 2. The minimum Gasteiger partial charge on any atom is -0.481 e. The van der Waals surface area contributed by atoms with Crippen LogP contribution in [0.3, 0.4) is 0 Å². The molecule has 0 radical (unpaired) electrons. The SMILES string of the molecule is CN(C(=O)[C@H]1CCCC[C@H]1C(=O)O)c1nc(-c2ccccc2Cl)cs1. The third-order valence-corrected chi connectivity index (χ3v) is 5.91. The summed E-state index contributed by atoms with van der Waals surface area (Å²) in [6.07, 6.45) is 2.92. The molecule has 1 amide bonds. The maximum Gasteiger partial charge on any atom is 0.307 e. The first-order valence-corrected chi connectivity index (χ1v) is 9.45. The van der Waals surface area contributed by atoms with E-state index in [0.29, 0.717) is 28.7 Å². The Morgan fingerprint density at radius 1 is 1.24 bits per heavy atom. The standard InChI is InChI=1S/C18H19ClN2O3S/c1-21(16(22)11-6-2-3-7-12(11)17(23)24)18-20-15(10-25-18)13-8-4-5-9-14(13)19/h4-5,8-12H,2-3,6-7H2,1H3,(H,23,24)/t11-,12+/m0/s1. The van der Waals surface area contributed by atoms with Gasteiger partial charge >= 0.3 is 5.97 Å². The Labute approximate surface area is 155 Å². The molecule has 0 aliphatic heterocycles. The van der Waals surface area contributed by atoms with Crippen molar-refractivity contribution in [2.24, 2.45) is 11.8 Å². The van der Waals surface area contributed by atoms with Crippen LogP contribution in [0.4, 0.5) is 5.13 Å². The van der Waals surface area contributed by atoms with Crippen molar-refractivity contribution >= 4 is 39.9 Å². The van der Waals surface area contributed by atoms with Crippen LogP contribution in [0.5, 0.6) is 0 Å². The third kappa shape index (κ3) is 3.70. The van der Waals surface area contributed by atoms with Crippen LogP contribution in [0.25, 0.3) is 11.3 Å². The summed E-state index contributed by atoms with van der Waals surface area (Å²) in [4.78, 5) is 30.3. The van der Waals surface area contributed by atoms with Gasteiger partial charge in [-0.25, -0.2) is 4.98 Å². The molecule has 0 spiro atoms. The van der Waals surface area contributed by atoms with Crippen molar-refractivity contribution in [1.29, 1.82) is 0 Å². The number of carbonyl (C=O) groups excluding carboxylic acids is 1. The summed E-state index contributed by atoms with van der Waals surface area (Å²) in [5, 5.41) is 12.4. The summed E-state index contributed by atoms with van der Waals surface area (Å²) in [5.74, 6) is -2.15. The number of aliphatic carboxylic acids is 1. The largest absolute Gasteiger partial charge is 0.481 e. The van der Waals surface area contributed by atoms with Crippen LogP contribution >= 0.6 is 22.9 Å². The number of rotatable bonds is 4. The first kappa shape index (κ1) is 17.9. The van der Waals surface area contributed by atoms with Gasteiger partial charge in [0.2, 0.25) is 5.91 Å². The molecule has 0 bridgehead atoms. The molecule has 1 aromatic heterocycles. The van der Waals surface area contributed by atoms with E-state index in [4.69, 9.17) is 11.6 Å². The van der Waals surface area contributed by atoms with Crippen LogP contribution in [-0.2, 0) is 9.59 Å². The summed E-state index contributed by atoms with van der Waals surface area (Å²) < 4.78 is 0. The first-order chi connectivity index (χ1) is 12.0. The predicted molar refractivity (Wildman–Crippen MR) is 99.1 cm³/mol. The number of hydrogen-bond acceptors (Lipinski definition) is 4. The molecule has 25 heavy (non-hydrogen) atoms. The van der Waals surface area contributed by atoms with Crippen LogP contribution in [0.2, 0.25) is 5.02 Å². The van der Waals surface area contributed by atoms with Gasteiger partial charge in [-0.1, -0.05) is 42.6 Å². The number of benzene rings is 1. The van der Waals surface area contributed by atoms with E-state index in [-0.39, 0.29) is 5.91 Å². The lowest BCUT2D eigenvalue weighted by molar-refractivity contribution is -0.148. The van der Waals surface area contributed by atoms with Gasteiger partial charge in [-0.3, -0.25) is 14.5 Å². The molecule has 0 unspecified atom stereocenters. The van der Waals surface area contributed by atoms with Crippen molar-refractivity contribution in [2.75, 3.05) is 11.9 Å². The van der Waals surface area contributed by atoms with Crippen LogP contribution < -0.4 is 4.90 Å². The average molecular weight is 379 g/mol. The Hall–Kier alpha value is -1.92. The molecule has 1 heterocycles. The van der Waals surface area contributed by atoms with E-state index in [1.165, 1.54) is 16.2 Å². The fraction of sp³-hybridized carbons (Fsp3) is 0.389. The highest BCUT2D eigenvalue weighted by Gasteiger charge is 2.37. The number of amides is 1. The molecule has 1 aromatic carbocycles. The fourth-order valence-corrected chi connectivity index (χ4v) is 4.30. The maximum atomic E-state index is 12.8. The topological polar surface area (TPSA) is 70.5 Å². The molecule has 3 rings (SSSR count). The lowest BCUT2D eigenvalue weighted by Gasteiger charge is -2.30. The molecule has 5 nitrogen and oxygen atoms in total. The zero-order valence-corrected chi connectivity index (χ0v) is 15.4. The molecule has 1 N–H and O–H groups in total. The zero-order chi connectivity index (χ0) is 18.0. The van der Waals surface area contributed by atoms with E-state index in [1.807, 2.05) is 23.6 Å². The average Bonchev–Trinajstić information content (AvgIpc) is 3.10. The van der Waals surface area contributed by atoms with Gasteiger partial charge in [0.05, 0.1) is 17.5 Å². The highest BCUT2D eigenvalue weighted by Crippen LogP contribution is 2.35. The molecule has 132 valence electrons. The second-order valence-electron chi connectivity index (χ2n) is 6.23. The van der Waals surface area contributed by atoms with Gasteiger partial charge in [0.1, 0.15) is 0 Å². The van der Waals surface area contributed by atoms with E-state index in [1.54, 1.807) is 13.1 Å². The number of carbonyl (C=O) groups is 2. The van der Waals surface area contributed by atoms with Gasteiger partial charge in [-0.05, 0) is 18.9 Å². The van der Waals surface area contributed by atoms with Gasteiger partial charge in [0.15, 0.2) is 5.13 Å².